The molecule has 0 saturated carbocycles. The predicted octanol–water partition coefficient (Wildman–Crippen LogP) is 6.73. The van der Waals surface area contributed by atoms with E-state index in [-0.39, 0.29) is 0 Å². The second-order valence-electron chi connectivity index (χ2n) is 9.65. The molecule has 0 atom stereocenters. The lowest BCUT2D eigenvalue weighted by Gasteiger charge is -2.12. The average molecular weight is 447 g/mol. The van der Waals surface area contributed by atoms with Crippen molar-refractivity contribution in [1.29, 1.82) is 0 Å². The van der Waals surface area contributed by atoms with E-state index in [4.69, 9.17) is 9.97 Å². The van der Waals surface area contributed by atoms with Gasteiger partial charge < -0.3 is 0 Å². The Morgan fingerprint density at radius 2 is 1.46 bits per heavy atom. The van der Waals surface area contributed by atoms with Gasteiger partial charge in [0.2, 0.25) is 0 Å². The highest BCUT2D eigenvalue weighted by molar-refractivity contribution is 6.16. The summed E-state index contributed by atoms with van der Waals surface area (Å²) < 4.78 is 2.22. The molecule has 0 aliphatic heterocycles. The maximum absolute atomic E-state index is 5.12. The van der Waals surface area contributed by atoms with Crippen LogP contribution in [0.4, 0.5) is 0 Å². The SMILES string of the molecule is c1ccc2c(c1)Cc1c-2ccc2c1Cc1c-2ccc2c3cnccc3n3c4ncccc4nc3c12. The van der Waals surface area contributed by atoms with E-state index in [1.165, 1.54) is 55.3 Å². The number of hydrogen-bond acceptors (Lipinski definition) is 3. The summed E-state index contributed by atoms with van der Waals surface area (Å²) in [7, 11) is 0. The van der Waals surface area contributed by atoms with Gasteiger partial charge in [-0.25, -0.2) is 9.97 Å². The van der Waals surface area contributed by atoms with Crippen LogP contribution in [0.3, 0.4) is 0 Å². The number of rotatable bonds is 0. The van der Waals surface area contributed by atoms with Crippen LogP contribution >= 0.6 is 0 Å². The summed E-state index contributed by atoms with van der Waals surface area (Å²) in [5.74, 6) is 0. The van der Waals surface area contributed by atoms with E-state index in [9.17, 15) is 0 Å². The number of fused-ring (bicyclic) bond motifs is 16. The number of aromatic nitrogens is 4. The van der Waals surface area contributed by atoms with Crippen molar-refractivity contribution in [3.8, 4) is 22.3 Å². The second-order valence-corrected chi connectivity index (χ2v) is 9.65. The number of benzene rings is 3. The van der Waals surface area contributed by atoms with E-state index in [2.05, 4.69) is 70.0 Å². The van der Waals surface area contributed by atoms with Crippen molar-refractivity contribution in [2.45, 2.75) is 12.8 Å². The molecule has 9 rings (SSSR count). The van der Waals surface area contributed by atoms with Crippen LogP contribution in [0.5, 0.6) is 0 Å². The van der Waals surface area contributed by atoms with Gasteiger partial charge in [-0.1, -0.05) is 48.5 Å². The molecular formula is C31H18N4. The van der Waals surface area contributed by atoms with Gasteiger partial charge in [-0.3, -0.25) is 9.38 Å². The summed E-state index contributed by atoms with van der Waals surface area (Å²) in [6.45, 7) is 0. The molecule has 3 aromatic carbocycles. The van der Waals surface area contributed by atoms with Crippen molar-refractivity contribution < 1.29 is 0 Å². The van der Waals surface area contributed by atoms with Crippen LogP contribution in [-0.4, -0.2) is 19.4 Å². The molecule has 0 radical (unpaired) electrons. The van der Waals surface area contributed by atoms with Crippen LogP contribution < -0.4 is 0 Å². The summed E-state index contributed by atoms with van der Waals surface area (Å²) in [5.41, 5.74) is 15.1. The summed E-state index contributed by atoms with van der Waals surface area (Å²) in [6, 6.07) is 24.1. The molecule has 2 aliphatic rings. The fourth-order valence-corrected chi connectivity index (χ4v) is 6.57. The van der Waals surface area contributed by atoms with Crippen molar-refractivity contribution in [1.82, 2.24) is 19.4 Å². The Labute approximate surface area is 200 Å². The maximum Gasteiger partial charge on any atom is 0.164 e. The smallest absolute Gasteiger partial charge is 0.164 e. The Morgan fingerprint density at radius 3 is 2.43 bits per heavy atom. The van der Waals surface area contributed by atoms with Gasteiger partial charge in [-0.15, -0.1) is 0 Å². The Morgan fingerprint density at radius 1 is 0.629 bits per heavy atom. The van der Waals surface area contributed by atoms with E-state index in [1.54, 1.807) is 0 Å². The Bertz CT molecular complexity index is 2070. The molecule has 2 aliphatic carbocycles. The van der Waals surface area contributed by atoms with E-state index in [0.717, 1.165) is 40.6 Å². The zero-order valence-corrected chi connectivity index (χ0v) is 18.8. The Hall–Kier alpha value is -4.57. The quantitative estimate of drug-likeness (QED) is 0.243. The van der Waals surface area contributed by atoms with Crippen LogP contribution in [-0.2, 0) is 12.8 Å². The third-order valence-electron chi connectivity index (χ3n) is 8.03. The van der Waals surface area contributed by atoms with Crippen molar-refractivity contribution in [3.63, 3.8) is 0 Å². The molecule has 0 N–H and O–H groups in total. The first-order valence-electron chi connectivity index (χ1n) is 12.0. The third kappa shape index (κ3) is 2.11. The van der Waals surface area contributed by atoms with Crippen LogP contribution in [0, 0.1) is 0 Å². The number of imidazole rings is 1. The van der Waals surface area contributed by atoms with Gasteiger partial charge in [-0.2, -0.15) is 0 Å². The van der Waals surface area contributed by atoms with Crippen molar-refractivity contribution >= 4 is 38.5 Å². The lowest BCUT2D eigenvalue weighted by molar-refractivity contribution is 1.17. The zero-order valence-electron chi connectivity index (χ0n) is 18.8. The standard InChI is InChI=1S/C31H18N4/c1-2-5-18-17(4-1)14-23-19(18)7-8-20-21-9-10-22-26-16-32-13-11-28(26)35-30-27(6-3-12-33-30)34-31(35)29(22)25(21)15-24(20)23/h1-13,16H,14-15H2. The Kier molecular flexibility index (Phi) is 3.11. The first kappa shape index (κ1) is 17.8. The highest BCUT2D eigenvalue weighted by Gasteiger charge is 2.30. The molecule has 4 heteroatoms. The molecule has 0 amide bonds. The van der Waals surface area contributed by atoms with Gasteiger partial charge in [0, 0.05) is 29.4 Å². The van der Waals surface area contributed by atoms with Gasteiger partial charge >= 0.3 is 0 Å². The molecule has 0 unspecified atom stereocenters. The van der Waals surface area contributed by atoms with E-state index in [0.29, 0.717) is 0 Å². The average Bonchev–Trinajstić information content (AvgIpc) is 3.59. The highest BCUT2D eigenvalue weighted by Crippen LogP contribution is 2.49. The van der Waals surface area contributed by atoms with Gasteiger partial charge in [0.1, 0.15) is 11.2 Å². The molecule has 0 fully saturated rings. The molecule has 7 aromatic rings. The van der Waals surface area contributed by atoms with Gasteiger partial charge in [0.25, 0.3) is 0 Å². The fourth-order valence-electron chi connectivity index (χ4n) is 6.57. The molecule has 35 heavy (non-hydrogen) atoms. The first-order valence-corrected chi connectivity index (χ1v) is 12.0. The van der Waals surface area contributed by atoms with E-state index in [1.807, 2.05) is 24.7 Å². The first-order chi connectivity index (χ1) is 17.4. The minimum Gasteiger partial charge on any atom is -0.276 e. The summed E-state index contributed by atoms with van der Waals surface area (Å²) in [6.07, 6.45) is 7.62. The minimum atomic E-state index is 0.894. The molecule has 0 spiro atoms. The lowest BCUT2D eigenvalue weighted by atomic mass is 9.96. The monoisotopic (exact) mass is 446 g/mol. The van der Waals surface area contributed by atoms with Crippen LogP contribution in [0.15, 0.2) is 85.3 Å². The molecule has 162 valence electrons. The van der Waals surface area contributed by atoms with Gasteiger partial charge in [0.15, 0.2) is 5.65 Å². The van der Waals surface area contributed by atoms with Crippen LogP contribution in [0.1, 0.15) is 22.3 Å². The van der Waals surface area contributed by atoms with Crippen molar-refractivity contribution in [3.05, 3.63) is 108 Å². The van der Waals surface area contributed by atoms with Crippen molar-refractivity contribution in [2.75, 3.05) is 0 Å². The van der Waals surface area contributed by atoms with E-state index >= 15 is 0 Å². The van der Waals surface area contributed by atoms with Gasteiger partial charge in [0.05, 0.1) is 5.52 Å². The number of hydrogen-bond donors (Lipinski definition) is 0. The number of pyridine rings is 3. The number of nitrogens with zero attached hydrogens (tertiary/aromatic N) is 4. The normalized spacial score (nSPS) is 13.5. The summed E-state index contributed by atoms with van der Waals surface area (Å²) >= 11 is 0. The molecule has 4 nitrogen and oxygen atoms in total. The summed E-state index contributed by atoms with van der Waals surface area (Å²) in [5, 5.41) is 3.57. The third-order valence-corrected chi connectivity index (χ3v) is 8.03. The molecule has 0 saturated heterocycles. The highest BCUT2D eigenvalue weighted by atomic mass is 15.1. The molecule has 4 aromatic heterocycles. The van der Waals surface area contributed by atoms with Crippen LogP contribution in [0.25, 0.3) is 60.7 Å². The topological polar surface area (TPSA) is 43.1 Å². The molecule has 0 bridgehead atoms. The second kappa shape index (κ2) is 6.10. The van der Waals surface area contributed by atoms with Gasteiger partial charge in [-0.05, 0) is 80.9 Å². The predicted molar refractivity (Wildman–Crippen MR) is 140 cm³/mol. The van der Waals surface area contributed by atoms with Crippen LogP contribution in [0.2, 0.25) is 0 Å². The largest absolute Gasteiger partial charge is 0.276 e. The van der Waals surface area contributed by atoms with E-state index < -0.39 is 0 Å². The zero-order chi connectivity index (χ0) is 22.7. The molecule has 4 heterocycles. The fraction of sp³-hybridized carbons (Fsp3) is 0.0645. The maximum atomic E-state index is 5.12. The van der Waals surface area contributed by atoms with Crippen molar-refractivity contribution in [2.24, 2.45) is 0 Å². The minimum absolute atomic E-state index is 0.894. The summed E-state index contributed by atoms with van der Waals surface area (Å²) in [4.78, 5) is 14.3. The molecular weight excluding hydrogens is 428 g/mol. The Balaban J connectivity index is 1.41. The lowest BCUT2D eigenvalue weighted by Crippen LogP contribution is -1.96.